The number of rotatable bonds is 5. The number of carbonyl (C=O) groups excluding carboxylic acids is 1. The summed E-state index contributed by atoms with van der Waals surface area (Å²) in [7, 11) is 1.69. The first-order valence-electron chi connectivity index (χ1n) is 6.26. The SMILES string of the molecule is CCNc1nnc(CN2CCCC2C(=O)NC)s1. The van der Waals surface area contributed by atoms with E-state index in [1.54, 1.807) is 18.4 Å². The van der Waals surface area contributed by atoms with Crippen molar-refractivity contribution in [3.05, 3.63) is 5.01 Å². The summed E-state index contributed by atoms with van der Waals surface area (Å²) in [6.45, 7) is 4.54. The van der Waals surface area contributed by atoms with Crippen molar-refractivity contribution in [2.24, 2.45) is 0 Å². The molecule has 1 atom stereocenters. The number of nitrogens with one attached hydrogen (secondary N) is 2. The monoisotopic (exact) mass is 269 g/mol. The first-order chi connectivity index (χ1) is 8.74. The molecule has 1 saturated heterocycles. The number of nitrogens with zero attached hydrogens (tertiary/aromatic N) is 3. The van der Waals surface area contributed by atoms with Crippen molar-refractivity contribution in [2.45, 2.75) is 32.4 Å². The van der Waals surface area contributed by atoms with E-state index in [2.05, 4.69) is 25.7 Å². The van der Waals surface area contributed by atoms with Gasteiger partial charge in [-0.25, -0.2) is 0 Å². The Balaban J connectivity index is 1.96. The van der Waals surface area contributed by atoms with E-state index in [0.717, 1.165) is 36.1 Å². The molecule has 0 saturated carbocycles. The van der Waals surface area contributed by atoms with Gasteiger partial charge in [-0.15, -0.1) is 10.2 Å². The zero-order valence-corrected chi connectivity index (χ0v) is 11.6. The Morgan fingerprint density at radius 3 is 3.11 bits per heavy atom. The fourth-order valence-electron chi connectivity index (χ4n) is 2.19. The van der Waals surface area contributed by atoms with Crippen molar-refractivity contribution >= 4 is 22.4 Å². The van der Waals surface area contributed by atoms with E-state index in [-0.39, 0.29) is 11.9 Å². The van der Waals surface area contributed by atoms with Crippen LogP contribution in [0.5, 0.6) is 0 Å². The highest BCUT2D eigenvalue weighted by Gasteiger charge is 2.30. The number of anilines is 1. The summed E-state index contributed by atoms with van der Waals surface area (Å²) in [6, 6.07) is -0.0125. The average molecular weight is 269 g/mol. The van der Waals surface area contributed by atoms with E-state index in [9.17, 15) is 4.79 Å². The molecule has 0 radical (unpaired) electrons. The van der Waals surface area contributed by atoms with Gasteiger partial charge in [0, 0.05) is 13.6 Å². The Labute approximate surface area is 111 Å². The topological polar surface area (TPSA) is 70.2 Å². The van der Waals surface area contributed by atoms with Gasteiger partial charge in [-0.05, 0) is 26.3 Å². The highest BCUT2D eigenvalue weighted by atomic mass is 32.1. The second-order valence-electron chi connectivity index (χ2n) is 4.27. The Kier molecular flexibility index (Phi) is 4.48. The maximum Gasteiger partial charge on any atom is 0.237 e. The molecule has 1 aromatic heterocycles. The zero-order valence-electron chi connectivity index (χ0n) is 10.8. The normalized spacial score (nSPS) is 20.0. The zero-order chi connectivity index (χ0) is 13.0. The number of hydrogen-bond donors (Lipinski definition) is 2. The third-order valence-corrected chi connectivity index (χ3v) is 3.91. The lowest BCUT2D eigenvalue weighted by Crippen LogP contribution is -2.41. The Bertz CT molecular complexity index is 408. The quantitative estimate of drug-likeness (QED) is 0.822. The van der Waals surface area contributed by atoms with Crippen molar-refractivity contribution in [1.82, 2.24) is 20.4 Å². The molecule has 0 aliphatic carbocycles. The van der Waals surface area contributed by atoms with E-state index in [1.807, 2.05) is 6.92 Å². The van der Waals surface area contributed by atoms with Gasteiger partial charge in [0.25, 0.3) is 0 Å². The van der Waals surface area contributed by atoms with Gasteiger partial charge in [0.1, 0.15) is 5.01 Å². The Morgan fingerprint density at radius 2 is 2.39 bits per heavy atom. The van der Waals surface area contributed by atoms with Gasteiger partial charge in [-0.2, -0.15) is 0 Å². The smallest absolute Gasteiger partial charge is 0.237 e. The number of likely N-dealkylation sites (N-methyl/N-ethyl adjacent to an activating group) is 1. The summed E-state index contributed by atoms with van der Waals surface area (Å²) >= 11 is 1.56. The van der Waals surface area contributed by atoms with Crippen LogP contribution in [-0.2, 0) is 11.3 Å². The number of likely N-dealkylation sites (tertiary alicyclic amines) is 1. The van der Waals surface area contributed by atoms with Gasteiger partial charge in [0.2, 0.25) is 11.0 Å². The first kappa shape index (κ1) is 13.2. The molecule has 1 aliphatic rings. The summed E-state index contributed by atoms with van der Waals surface area (Å²) in [6.07, 6.45) is 2.00. The van der Waals surface area contributed by atoms with Crippen LogP contribution in [0.4, 0.5) is 5.13 Å². The van der Waals surface area contributed by atoms with E-state index in [4.69, 9.17) is 0 Å². The lowest BCUT2D eigenvalue weighted by atomic mass is 10.2. The van der Waals surface area contributed by atoms with Gasteiger partial charge >= 0.3 is 0 Å². The number of aromatic nitrogens is 2. The highest BCUT2D eigenvalue weighted by Crippen LogP contribution is 2.23. The summed E-state index contributed by atoms with van der Waals surface area (Å²) in [5, 5.41) is 15.9. The Morgan fingerprint density at radius 1 is 1.56 bits per heavy atom. The molecule has 2 rings (SSSR count). The first-order valence-corrected chi connectivity index (χ1v) is 7.08. The van der Waals surface area contributed by atoms with Crippen LogP contribution in [0.3, 0.4) is 0 Å². The molecule has 1 aliphatic heterocycles. The molecule has 7 heteroatoms. The standard InChI is InChI=1S/C11H19N5OS/c1-3-13-11-15-14-9(18-11)7-16-6-4-5-8(16)10(17)12-2/h8H,3-7H2,1-2H3,(H,12,17)(H,13,15). The molecule has 6 nitrogen and oxygen atoms in total. The van der Waals surface area contributed by atoms with Gasteiger partial charge in [-0.3, -0.25) is 9.69 Å². The van der Waals surface area contributed by atoms with Crippen molar-refractivity contribution < 1.29 is 4.79 Å². The number of carbonyl (C=O) groups is 1. The van der Waals surface area contributed by atoms with Crippen LogP contribution in [0.15, 0.2) is 0 Å². The molecule has 1 amide bonds. The van der Waals surface area contributed by atoms with Crippen molar-refractivity contribution in [1.29, 1.82) is 0 Å². The fourth-order valence-corrected chi connectivity index (χ4v) is 3.03. The lowest BCUT2D eigenvalue weighted by molar-refractivity contribution is -0.125. The maximum absolute atomic E-state index is 11.7. The molecule has 0 aromatic carbocycles. The van der Waals surface area contributed by atoms with Crippen molar-refractivity contribution in [3.63, 3.8) is 0 Å². The summed E-state index contributed by atoms with van der Waals surface area (Å²) < 4.78 is 0. The lowest BCUT2D eigenvalue weighted by Gasteiger charge is -2.21. The highest BCUT2D eigenvalue weighted by molar-refractivity contribution is 7.15. The molecule has 1 fully saturated rings. The largest absolute Gasteiger partial charge is 0.360 e. The minimum Gasteiger partial charge on any atom is -0.360 e. The molecule has 2 N–H and O–H groups in total. The van der Waals surface area contributed by atoms with Gasteiger partial charge in [-0.1, -0.05) is 11.3 Å². The van der Waals surface area contributed by atoms with Crippen LogP contribution in [-0.4, -0.2) is 47.2 Å². The molecular formula is C11H19N5OS. The molecule has 0 spiro atoms. The van der Waals surface area contributed by atoms with Gasteiger partial charge < -0.3 is 10.6 Å². The number of hydrogen-bond acceptors (Lipinski definition) is 6. The van der Waals surface area contributed by atoms with Gasteiger partial charge in [0.15, 0.2) is 0 Å². The maximum atomic E-state index is 11.7. The average Bonchev–Trinajstić information content (AvgIpc) is 2.99. The second kappa shape index (κ2) is 6.10. The fraction of sp³-hybridized carbons (Fsp3) is 0.727. The van der Waals surface area contributed by atoms with Crippen LogP contribution >= 0.6 is 11.3 Å². The van der Waals surface area contributed by atoms with Crippen molar-refractivity contribution in [2.75, 3.05) is 25.5 Å². The summed E-state index contributed by atoms with van der Waals surface area (Å²) in [5.41, 5.74) is 0. The number of amides is 1. The van der Waals surface area contributed by atoms with E-state index in [0.29, 0.717) is 6.54 Å². The molecule has 18 heavy (non-hydrogen) atoms. The Hall–Kier alpha value is -1.21. The molecule has 1 aromatic rings. The van der Waals surface area contributed by atoms with Crippen LogP contribution in [0.1, 0.15) is 24.8 Å². The molecule has 2 heterocycles. The summed E-state index contributed by atoms with van der Waals surface area (Å²) in [4.78, 5) is 13.9. The van der Waals surface area contributed by atoms with E-state index < -0.39 is 0 Å². The predicted molar refractivity (Wildman–Crippen MR) is 71.6 cm³/mol. The molecule has 1 unspecified atom stereocenters. The minimum absolute atomic E-state index is 0.0125. The molecular weight excluding hydrogens is 250 g/mol. The van der Waals surface area contributed by atoms with Crippen LogP contribution < -0.4 is 10.6 Å². The van der Waals surface area contributed by atoms with Crippen LogP contribution in [0.25, 0.3) is 0 Å². The summed E-state index contributed by atoms with van der Waals surface area (Å²) in [5.74, 6) is 0.101. The van der Waals surface area contributed by atoms with Gasteiger partial charge in [0.05, 0.1) is 12.6 Å². The third kappa shape index (κ3) is 2.97. The van der Waals surface area contributed by atoms with E-state index in [1.165, 1.54) is 0 Å². The van der Waals surface area contributed by atoms with Crippen molar-refractivity contribution in [3.8, 4) is 0 Å². The predicted octanol–water partition coefficient (Wildman–Crippen LogP) is 0.680. The molecule has 100 valence electrons. The van der Waals surface area contributed by atoms with Crippen LogP contribution in [0.2, 0.25) is 0 Å². The molecule has 0 bridgehead atoms. The van der Waals surface area contributed by atoms with Crippen LogP contribution in [0, 0.1) is 0 Å². The third-order valence-electron chi connectivity index (χ3n) is 3.05. The van der Waals surface area contributed by atoms with E-state index >= 15 is 0 Å². The second-order valence-corrected chi connectivity index (χ2v) is 5.34. The minimum atomic E-state index is -0.0125.